The Labute approximate surface area is 140 Å². The number of ether oxygens (including phenoxy) is 3. The Morgan fingerprint density at radius 3 is 2.04 bits per heavy atom. The molecule has 1 unspecified atom stereocenters. The minimum atomic E-state index is -6.39. The number of alkyl halides is 7. The van der Waals surface area contributed by atoms with Gasteiger partial charge < -0.3 is 14.2 Å². The number of hydrogen-bond acceptors (Lipinski definition) is 3. The fourth-order valence-corrected chi connectivity index (χ4v) is 2.73. The van der Waals surface area contributed by atoms with E-state index in [1.165, 1.54) is 0 Å². The third-order valence-corrected chi connectivity index (χ3v) is 4.19. The van der Waals surface area contributed by atoms with E-state index in [2.05, 4.69) is 4.74 Å². The lowest BCUT2D eigenvalue weighted by Crippen LogP contribution is -2.54. The van der Waals surface area contributed by atoms with E-state index < -0.39 is 42.6 Å². The topological polar surface area (TPSA) is 27.7 Å². The van der Waals surface area contributed by atoms with E-state index in [1.807, 2.05) is 6.92 Å². The Hall–Kier alpha value is -1.03. The largest absolute Gasteiger partial charge is 0.491 e. The molecule has 0 aliphatic carbocycles. The highest BCUT2D eigenvalue weighted by atomic mass is 19.4. The van der Waals surface area contributed by atoms with E-state index in [1.54, 1.807) is 0 Å². The molecule has 25 heavy (non-hydrogen) atoms. The van der Waals surface area contributed by atoms with Crippen LogP contribution in [-0.2, 0) is 14.2 Å². The minimum Gasteiger partial charge on any atom is -0.491 e. The molecule has 0 aromatic rings. The molecule has 2 heterocycles. The van der Waals surface area contributed by atoms with Gasteiger partial charge in [-0.1, -0.05) is 13.3 Å². The minimum absolute atomic E-state index is 0.206. The first-order valence-electron chi connectivity index (χ1n) is 7.89. The van der Waals surface area contributed by atoms with Crippen molar-refractivity contribution in [1.29, 1.82) is 0 Å². The maximum Gasteiger partial charge on any atom is 0.460 e. The van der Waals surface area contributed by atoms with E-state index in [9.17, 15) is 30.7 Å². The zero-order valence-electron chi connectivity index (χ0n) is 13.4. The van der Waals surface area contributed by atoms with Crippen LogP contribution in [0.25, 0.3) is 0 Å². The summed E-state index contributed by atoms with van der Waals surface area (Å²) in [4.78, 5) is 0. The summed E-state index contributed by atoms with van der Waals surface area (Å²) in [6.45, 7) is 2.34. The van der Waals surface area contributed by atoms with Gasteiger partial charge in [-0.15, -0.1) is 0 Å². The normalized spacial score (nSPS) is 29.1. The lowest BCUT2D eigenvalue weighted by atomic mass is 9.98. The van der Waals surface area contributed by atoms with Crippen LogP contribution in [0.1, 0.15) is 26.2 Å². The molecule has 0 amide bonds. The molecule has 1 atom stereocenters. The second-order valence-electron chi connectivity index (χ2n) is 6.21. The molecule has 1 fully saturated rings. The van der Waals surface area contributed by atoms with Gasteiger partial charge in [-0.2, -0.15) is 30.7 Å². The van der Waals surface area contributed by atoms with Crippen LogP contribution < -0.4 is 0 Å². The molecule has 3 nitrogen and oxygen atoms in total. The van der Waals surface area contributed by atoms with Gasteiger partial charge in [-0.25, -0.2) is 0 Å². The Bertz CT molecular complexity index is 482. The van der Waals surface area contributed by atoms with Crippen LogP contribution in [0.4, 0.5) is 30.7 Å². The smallest absolute Gasteiger partial charge is 0.460 e. The van der Waals surface area contributed by atoms with Crippen LogP contribution in [0.2, 0.25) is 0 Å². The lowest BCUT2D eigenvalue weighted by Gasteiger charge is -2.37. The highest BCUT2D eigenvalue weighted by Gasteiger charge is 2.75. The molecular formula is C15H19F7O3. The number of halogens is 7. The molecule has 10 heteroatoms. The number of rotatable bonds is 5. The quantitative estimate of drug-likeness (QED) is 0.656. The third-order valence-electron chi connectivity index (χ3n) is 4.19. The summed E-state index contributed by atoms with van der Waals surface area (Å²) in [5.74, 6) is -13.7. The highest BCUT2D eigenvalue weighted by molar-refractivity contribution is 5.15. The van der Waals surface area contributed by atoms with Crippen LogP contribution in [-0.4, -0.2) is 44.1 Å². The average Bonchev–Trinajstić information content (AvgIpc) is 2.55. The van der Waals surface area contributed by atoms with E-state index in [0.717, 1.165) is 12.8 Å². The Kier molecular flexibility index (Phi) is 5.92. The Morgan fingerprint density at radius 2 is 1.60 bits per heavy atom. The third kappa shape index (κ3) is 4.05. The average molecular weight is 380 g/mol. The van der Waals surface area contributed by atoms with Gasteiger partial charge in [0.05, 0.1) is 19.8 Å². The maximum absolute atomic E-state index is 13.6. The zero-order valence-corrected chi connectivity index (χ0v) is 13.4. The van der Waals surface area contributed by atoms with Crippen molar-refractivity contribution < 1.29 is 44.9 Å². The van der Waals surface area contributed by atoms with Crippen LogP contribution >= 0.6 is 0 Å². The van der Waals surface area contributed by atoms with Gasteiger partial charge in [0.15, 0.2) is 12.0 Å². The summed E-state index contributed by atoms with van der Waals surface area (Å²) in [7, 11) is 0. The van der Waals surface area contributed by atoms with Crippen molar-refractivity contribution in [1.82, 2.24) is 0 Å². The monoisotopic (exact) mass is 380 g/mol. The number of hydrogen-bond donors (Lipinski definition) is 0. The van der Waals surface area contributed by atoms with Gasteiger partial charge in [0.25, 0.3) is 0 Å². The van der Waals surface area contributed by atoms with E-state index in [-0.39, 0.29) is 12.3 Å². The predicted octanol–water partition coefficient (Wildman–Crippen LogP) is 4.53. The molecule has 146 valence electrons. The van der Waals surface area contributed by atoms with Crippen LogP contribution in [0.3, 0.4) is 0 Å². The molecule has 2 aliphatic heterocycles. The van der Waals surface area contributed by atoms with E-state index in [4.69, 9.17) is 9.47 Å². The van der Waals surface area contributed by atoms with Gasteiger partial charge >= 0.3 is 18.0 Å². The molecule has 1 saturated heterocycles. The molecule has 0 spiro atoms. The Morgan fingerprint density at radius 1 is 1.00 bits per heavy atom. The van der Waals surface area contributed by atoms with Crippen molar-refractivity contribution in [3.63, 3.8) is 0 Å². The summed E-state index contributed by atoms with van der Waals surface area (Å²) in [5.41, 5.74) is 0. The first-order valence-corrected chi connectivity index (χ1v) is 7.89. The van der Waals surface area contributed by atoms with Crippen LogP contribution in [0.5, 0.6) is 0 Å². The highest BCUT2D eigenvalue weighted by Crippen LogP contribution is 2.50. The van der Waals surface area contributed by atoms with Crippen molar-refractivity contribution in [2.45, 2.75) is 50.5 Å². The second-order valence-corrected chi connectivity index (χ2v) is 6.21. The van der Waals surface area contributed by atoms with Crippen molar-refractivity contribution in [3.05, 3.63) is 11.8 Å². The molecule has 2 aliphatic rings. The summed E-state index contributed by atoms with van der Waals surface area (Å²) in [6.07, 6.45) is -4.95. The molecule has 2 rings (SSSR count). The van der Waals surface area contributed by atoms with Gasteiger partial charge in [0, 0.05) is 11.8 Å². The van der Waals surface area contributed by atoms with Gasteiger partial charge in [0.1, 0.15) is 0 Å². The summed E-state index contributed by atoms with van der Waals surface area (Å²) in [6, 6.07) is 0. The SMILES string of the molecule is CCCC1COC(C2CC=C(C(F)(F)C(F)(F)C(F)(F)F)OC2)OC1. The number of allylic oxidation sites excluding steroid dienone is 2. The predicted molar refractivity (Wildman–Crippen MR) is 72.2 cm³/mol. The molecule has 0 radical (unpaired) electrons. The molecule has 0 aromatic carbocycles. The van der Waals surface area contributed by atoms with Crippen molar-refractivity contribution in [3.8, 4) is 0 Å². The summed E-state index contributed by atoms with van der Waals surface area (Å²) < 4.78 is 105. The molecule has 0 saturated carbocycles. The first kappa shape index (κ1) is 20.3. The standard InChI is InChI=1S/C15H19F7O3/c1-2-3-9-6-24-12(25-7-9)10-4-5-11(23-8-10)13(16,17)14(18,19)15(20,21)22/h5,9-10,12H,2-4,6-8H2,1H3. The van der Waals surface area contributed by atoms with Crippen molar-refractivity contribution >= 4 is 0 Å². The summed E-state index contributed by atoms with van der Waals surface area (Å²) >= 11 is 0. The lowest BCUT2D eigenvalue weighted by molar-refractivity contribution is -0.351. The van der Waals surface area contributed by atoms with Gasteiger partial charge in [-0.05, 0) is 18.9 Å². The molecule has 0 aromatic heterocycles. The second kappa shape index (κ2) is 7.30. The van der Waals surface area contributed by atoms with Gasteiger partial charge in [0.2, 0.25) is 0 Å². The fraction of sp³-hybridized carbons (Fsp3) is 0.867. The van der Waals surface area contributed by atoms with Crippen LogP contribution in [0, 0.1) is 11.8 Å². The van der Waals surface area contributed by atoms with E-state index in [0.29, 0.717) is 19.3 Å². The summed E-state index contributed by atoms with van der Waals surface area (Å²) in [5, 5.41) is 0. The van der Waals surface area contributed by atoms with E-state index >= 15 is 0 Å². The molecular weight excluding hydrogens is 361 g/mol. The maximum atomic E-state index is 13.6. The molecule has 0 bridgehead atoms. The molecule has 0 N–H and O–H groups in total. The van der Waals surface area contributed by atoms with Crippen molar-refractivity contribution in [2.75, 3.05) is 19.8 Å². The van der Waals surface area contributed by atoms with Gasteiger partial charge in [-0.3, -0.25) is 0 Å². The Balaban J connectivity index is 1.98. The zero-order chi connectivity index (χ0) is 18.9. The first-order chi connectivity index (χ1) is 11.5. The van der Waals surface area contributed by atoms with Crippen LogP contribution in [0.15, 0.2) is 11.8 Å². The van der Waals surface area contributed by atoms with Crippen molar-refractivity contribution in [2.24, 2.45) is 11.8 Å². The fourth-order valence-electron chi connectivity index (χ4n) is 2.73.